The van der Waals surface area contributed by atoms with Crippen LogP contribution < -0.4 is 16.1 Å². The standard InChI is InChI=1S/C11H16N4O2/c1-15(6-7-16)10-4-2-9(3-5-10)8-13-14-11(12)17/h2-5,8,16H,6-7H2,1H3,(H3,12,14,17)/b13-8+. The molecule has 0 radical (unpaired) electrons. The molecule has 1 aromatic carbocycles. The SMILES string of the molecule is CN(CCO)c1ccc(/C=N/NC(N)=O)cc1. The van der Waals surface area contributed by atoms with Crippen molar-refractivity contribution >= 4 is 17.9 Å². The van der Waals surface area contributed by atoms with Gasteiger partial charge in [0.1, 0.15) is 0 Å². The van der Waals surface area contributed by atoms with E-state index in [9.17, 15) is 4.79 Å². The van der Waals surface area contributed by atoms with Gasteiger partial charge in [-0.1, -0.05) is 12.1 Å². The Morgan fingerprint density at radius 2 is 2.18 bits per heavy atom. The van der Waals surface area contributed by atoms with Crippen LogP contribution in [0, 0.1) is 0 Å². The number of urea groups is 1. The van der Waals surface area contributed by atoms with Crippen molar-refractivity contribution in [1.29, 1.82) is 0 Å². The van der Waals surface area contributed by atoms with Crippen LogP contribution in [0.4, 0.5) is 10.5 Å². The smallest absolute Gasteiger partial charge is 0.332 e. The second-order valence-corrected chi connectivity index (χ2v) is 3.47. The highest BCUT2D eigenvalue weighted by Crippen LogP contribution is 2.12. The molecule has 6 heteroatoms. The van der Waals surface area contributed by atoms with Crippen molar-refractivity contribution in [3.8, 4) is 0 Å². The lowest BCUT2D eigenvalue weighted by Crippen LogP contribution is -2.24. The number of carbonyl (C=O) groups is 1. The summed E-state index contributed by atoms with van der Waals surface area (Å²) in [6.07, 6.45) is 1.50. The average Bonchev–Trinajstić information content (AvgIpc) is 2.30. The minimum atomic E-state index is -0.694. The third-order valence-electron chi connectivity index (χ3n) is 2.16. The van der Waals surface area contributed by atoms with E-state index in [0.717, 1.165) is 11.3 Å². The molecule has 0 bridgehead atoms. The number of likely N-dealkylation sites (N-methyl/N-ethyl adjacent to an activating group) is 1. The minimum absolute atomic E-state index is 0.113. The lowest BCUT2D eigenvalue weighted by molar-refractivity contribution is 0.249. The molecule has 0 spiro atoms. The maximum atomic E-state index is 10.4. The molecule has 2 amide bonds. The second kappa shape index (κ2) is 6.49. The van der Waals surface area contributed by atoms with Crippen molar-refractivity contribution < 1.29 is 9.90 Å². The monoisotopic (exact) mass is 236 g/mol. The largest absolute Gasteiger partial charge is 0.395 e. The molecule has 17 heavy (non-hydrogen) atoms. The van der Waals surface area contributed by atoms with Gasteiger partial charge in [-0.3, -0.25) is 0 Å². The summed E-state index contributed by atoms with van der Waals surface area (Å²) in [5.74, 6) is 0. The molecular weight excluding hydrogens is 220 g/mol. The topological polar surface area (TPSA) is 90.9 Å². The van der Waals surface area contributed by atoms with Gasteiger partial charge in [0.25, 0.3) is 0 Å². The molecule has 92 valence electrons. The first kappa shape index (κ1) is 13.0. The summed E-state index contributed by atoms with van der Waals surface area (Å²) in [5, 5.41) is 12.5. The third kappa shape index (κ3) is 4.52. The number of hydrogen-bond donors (Lipinski definition) is 3. The number of amides is 2. The predicted molar refractivity (Wildman–Crippen MR) is 67.1 cm³/mol. The van der Waals surface area contributed by atoms with E-state index in [4.69, 9.17) is 10.8 Å². The number of nitrogens with zero attached hydrogens (tertiary/aromatic N) is 2. The fourth-order valence-corrected chi connectivity index (χ4v) is 1.26. The van der Waals surface area contributed by atoms with E-state index >= 15 is 0 Å². The number of hydrazone groups is 1. The van der Waals surface area contributed by atoms with Gasteiger partial charge in [-0.25, -0.2) is 10.2 Å². The first-order valence-electron chi connectivity index (χ1n) is 5.14. The number of aliphatic hydroxyl groups is 1. The van der Waals surface area contributed by atoms with Crippen LogP contribution in [-0.4, -0.2) is 37.6 Å². The first-order valence-corrected chi connectivity index (χ1v) is 5.14. The lowest BCUT2D eigenvalue weighted by atomic mass is 10.2. The Morgan fingerprint density at radius 3 is 2.71 bits per heavy atom. The molecule has 1 rings (SSSR count). The number of anilines is 1. The fraction of sp³-hybridized carbons (Fsp3) is 0.273. The molecule has 0 saturated carbocycles. The number of carbonyl (C=O) groups excluding carboxylic acids is 1. The highest BCUT2D eigenvalue weighted by Gasteiger charge is 1.98. The van der Waals surface area contributed by atoms with E-state index in [1.807, 2.05) is 36.2 Å². The zero-order chi connectivity index (χ0) is 12.7. The molecule has 0 saturated heterocycles. The molecule has 0 aliphatic rings. The fourth-order valence-electron chi connectivity index (χ4n) is 1.26. The summed E-state index contributed by atoms with van der Waals surface area (Å²) in [5.41, 5.74) is 8.82. The molecule has 0 aliphatic carbocycles. The van der Waals surface area contributed by atoms with Crippen molar-refractivity contribution in [2.75, 3.05) is 25.1 Å². The highest BCUT2D eigenvalue weighted by molar-refractivity contribution is 5.82. The Labute approximate surface area is 99.7 Å². The zero-order valence-corrected chi connectivity index (χ0v) is 9.63. The van der Waals surface area contributed by atoms with E-state index in [-0.39, 0.29) is 6.61 Å². The van der Waals surface area contributed by atoms with E-state index in [1.165, 1.54) is 6.21 Å². The van der Waals surface area contributed by atoms with Crippen LogP contribution in [0.25, 0.3) is 0 Å². The summed E-state index contributed by atoms with van der Waals surface area (Å²) in [7, 11) is 1.90. The van der Waals surface area contributed by atoms with E-state index in [0.29, 0.717) is 6.54 Å². The van der Waals surface area contributed by atoms with Gasteiger partial charge in [0.15, 0.2) is 0 Å². The Morgan fingerprint density at radius 1 is 1.53 bits per heavy atom. The van der Waals surface area contributed by atoms with E-state index in [1.54, 1.807) is 0 Å². The van der Waals surface area contributed by atoms with Gasteiger partial charge in [0.05, 0.1) is 12.8 Å². The van der Waals surface area contributed by atoms with Gasteiger partial charge in [-0.2, -0.15) is 5.10 Å². The van der Waals surface area contributed by atoms with Gasteiger partial charge in [-0.05, 0) is 17.7 Å². The van der Waals surface area contributed by atoms with Crippen LogP contribution in [0.2, 0.25) is 0 Å². The number of aliphatic hydroxyl groups excluding tert-OH is 1. The molecule has 0 aromatic heterocycles. The Bertz CT molecular complexity index is 389. The Balaban J connectivity index is 2.61. The van der Waals surface area contributed by atoms with Gasteiger partial charge < -0.3 is 15.7 Å². The molecule has 6 nitrogen and oxygen atoms in total. The molecule has 0 heterocycles. The third-order valence-corrected chi connectivity index (χ3v) is 2.16. The minimum Gasteiger partial charge on any atom is -0.395 e. The van der Waals surface area contributed by atoms with E-state index < -0.39 is 6.03 Å². The average molecular weight is 236 g/mol. The second-order valence-electron chi connectivity index (χ2n) is 3.47. The molecule has 0 aliphatic heterocycles. The molecule has 0 fully saturated rings. The van der Waals surface area contributed by atoms with Crippen molar-refractivity contribution in [3.05, 3.63) is 29.8 Å². The Hall–Kier alpha value is -2.08. The van der Waals surface area contributed by atoms with E-state index in [2.05, 4.69) is 10.5 Å². The maximum Gasteiger partial charge on any atom is 0.332 e. The van der Waals surface area contributed by atoms with Gasteiger partial charge >= 0.3 is 6.03 Å². The summed E-state index contributed by atoms with van der Waals surface area (Å²) < 4.78 is 0. The van der Waals surface area contributed by atoms with Gasteiger partial charge in [0.2, 0.25) is 0 Å². The van der Waals surface area contributed by atoms with Crippen LogP contribution >= 0.6 is 0 Å². The normalized spacial score (nSPS) is 10.5. The summed E-state index contributed by atoms with van der Waals surface area (Å²) in [6.45, 7) is 0.693. The van der Waals surface area contributed by atoms with Crippen molar-refractivity contribution in [3.63, 3.8) is 0 Å². The van der Waals surface area contributed by atoms with Crippen LogP contribution in [0.3, 0.4) is 0 Å². The van der Waals surface area contributed by atoms with Gasteiger partial charge in [-0.15, -0.1) is 0 Å². The quantitative estimate of drug-likeness (QED) is 0.501. The number of rotatable bonds is 5. The highest BCUT2D eigenvalue weighted by atomic mass is 16.3. The van der Waals surface area contributed by atoms with Gasteiger partial charge in [0, 0.05) is 19.3 Å². The first-order chi connectivity index (χ1) is 8.13. The molecule has 0 unspecified atom stereocenters. The summed E-state index contributed by atoms with van der Waals surface area (Å²) in [6, 6.07) is 6.83. The predicted octanol–water partition coefficient (Wildman–Crippen LogP) is 0.117. The molecule has 0 atom stereocenters. The number of nitrogens with two attached hydrogens (primary N) is 1. The zero-order valence-electron chi connectivity index (χ0n) is 9.63. The lowest BCUT2D eigenvalue weighted by Gasteiger charge is -2.17. The molecule has 1 aromatic rings. The van der Waals surface area contributed by atoms with Crippen molar-refractivity contribution in [2.24, 2.45) is 10.8 Å². The van der Waals surface area contributed by atoms with Crippen LogP contribution in [0.15, 0.2) is 29.4 Å². The summed E-state index contributed by atoms with van der Waals surface area (Å²) in [4.78, 5) is 12.3. The summed E-state index contributed by atoms with van der Waals surface area (Å²) >= 11 is 0. The van der Waals surface area contributed by atoms with Crippen LogP contribution in [-0.2, 0) is 0 Å². The van der Waals surface area contributed by atoms with Crippen molar-refractivity contribution in [1.82, 2.24) is 5.43 Å². The molecule has 4 N–H and O–H groups in total. The molecular formula is C11H16N4O2. The number of primary amides is 1. The van der Waals surface area contributed by atoms with Crippen molar-refractivity contribution in [2.45, 2.75) is 0 Å². The van der Waals surface area contributed by atoms with Crippen LogP contribution in [0.5, 0.6) is 0 Å². The number of nitrogens with one attached hydrogen (secondary N) is 1. The number of benzene rings is 1. The number of hydrogen-bond acceptors (Lipinski definition) is 4. The van der Waals surface area contributed by atoms with Crippen LogP contribution in [0.1, 0.15) is 5.56 Å². The maximum absolute atomic E-state index is 10.4. The Kier molecular flexibility index (Phi) is 4.96.